The molecule has 19 heavy (non-hydrogen) atoms. The van der Waals surface area contributed by atoms with Crippen LogP contribution in [0.25, 0.3) is 0 Å². The van der Waals surface area contributed by atoms with Crippen LogP contribution in [-0.2, 0) is 4.79 Å². The number of nitrogens with one attached hydrogen (secondary N) is 1. The van der Waals surface area contributed by atoms with E-state index in [0.29, 0.717) is 11.3 Å². The molecule has 0 saturated carbocycles. The summed E-state index contributed by atoms with van der Waals surface area (Å²) in [6.45, 7) is 3.59. The lowest BCUT2D eigenvalue weighted by Crippen LogP contribution is -2.18. The van der Waals surface area contributed by atoms with Gasteiger partial charge in [-0.3, -0.25) is 9.48 Å². The standard InChI is InChI=1S/C14H16FN3O/c1-10-4-5-12(9-13(10)15)17-14(19)8-11(2)18-7-3-6-16-18/h3-7,9,11H,8H2,1-2H3,(H,17,19)/t11-/m1/s1. The van der Waals surface area contributed by atoms with Gasteiger partial charge in [0.25, 0.3) is 0 Å². The fourth-order valence-corrected chi connectivity index (χ4v) is 1.79. The topological polar surface area (TPSA) is 46.9 Å². The van der Waals surface area contributed by atoms with E-state index in [4.69, 9.17) is 0 Å². The fraction of sp³-hybridized carbons (Fsp3) is 0.286. The third kappa shape index (κ3) is 3.40. The first-order chi connectivity index (χ1) is 9.06. The van der Waals surface area contributed by atoms with Crippen molar-refractivity contribution in [3.05, 3.63) is 48.0 Å². The molecule has 0 unspecified atom stereocenters. The Labute approximate surface area is 111 Å². The first kappa shape index (κ1) is 13.3. The summed E-state index contributed by atoms with van der Waals surface area (Å²) >= 11 is 0. The first-order valence-electron chi connectivity index (χ1n) is 6.11. The second-order valence-corrected chi connectivity index (χ2v) is 4.55. The third-order valence-electron chi connectivity index (χ3n) is 2.91. The van der Waals surface area contributed by atoms with Gasteiger partial charge < -0.3 is 5.32 Å². The van der Waals surface area contributed by atoms with E-state index in [1.54, 1.807) is 29.9 Å². The quantitative estimate of drug-likeness (QED) is 0.919. The van der Waals surface area contributed by atoms with Crippen molar-refractivity contribution in [2.45, 2.75) is 26.3 Å². The van der Waals surface area contributed by atoms with E-state index in [0.717, 1.165) is 0 Å². The van der Waals surface area contributed by atoms with Gasteiger partial charge in [0.1, 0.15) is 5.82 Å². The summed E-state index contributed by atoms with van der Waals surface area (Å²) in [5.41, 5.74) is 1.03. The van der Waals surface area contributed by atoms with Gasteiger partial charge in [-0.2, -0.15) is 5.10 Å². The maximum atomic E-state index is 13.4. The molecule has 0 aliphatic heterocycles. The maximum Gasteiger partial charge on any atom is 0.226 e. The van der Waals surface area contributed by atoms with Gasteiger partial charge in [0, 0.05) is 24.5 Å². The van der Waals surface area contributed by atoms with E-state index in [1.807, 2.05) is 19.2 Å². The van der Waals surface area contributed by atoms with Crippen LogP contribution >= 0.6 is 0 Å². The number of hydrogen-bond donors (Lipinski definition) is 1. The van der Waals surface area contributed by atoms with E-state index in [2.05, 4.69) is 10.4 Å². The van der Waals surface area contributed by atoms with Crippen molar-refractivity contribution in [1.29, 1.82) is 0 Å². The van der Waals surface area contributed by atoms with Gasteiger partial charge in [0.05, 0.1) is 6.04 Å². The summed E-state index contributed by atoms with van der Waals surface area (Å²) in [5, 5.41) is 6.76. The zero-order valence-corrected chi connectivity index (χ0v) is 10.9. The van der Waals surface area contributed by atoms with E-state index in [-0.39, 0.29) is 24.2 Å². The Morgan fingerprint density at radius 2 is 2.32 bits per heavy atom. The number of benzene rings is 1. The molecule has 2 aromatic rings. The number of hydrogen-bond acceptors (Lipinski definition) is 2. The number of aryl methyl sites for hydroxylation is 1. The minimum atomic E-state index is -0.321. The molecule has 5 heteroatoms. The molecule has 1 atom stereocenters. The summed E-state index contributed by atoms with van der Waals surface area (Å²) in [6.07, 6.45) is 3.77. The first-order valence-corrected chi connectivity index (χ1v) is 6.11. The Bertz CT molecular complexity index is 566. The Morgan fingerprint density at radius 1 is 1.53 bits per heavy atom. The van der Waals surface area contributed by atoms with Crippen molar-refractivity contribution in [2.75, 3.05) is 5.32 Å². The summed E-state index contributed by atoms with van der Waals surface area (Å²) in [4.78, 5) is 11.8. The van der Waals surface area contributed by atoms with E-state index >= 15 is 0 Å². The SMILES string of the molecule is Cc1ccc(NC(=O)C[C@@H](C)n2cccn2)cc1F. The number of halogens is 1. The molecule has 1 aromatic carbocycles. The molecular formula is C14H16FN3O. The van der Waals surface area contributed by atoms with Crippen LogP contribution < -0.4 is 5.32 Å². The molecule has 1 aromatic heterocycles. The van der Waals surface area contributed by atoms with Crippen LogP contribution in [0.3, 0.4) is 0 Å². The summed E-state index contributed by atoms with van der Waals surface area (Å²) in [7, 11) is 0. The van der Waals surface area contributed by atoms with Crippen LogP contribution in [-0.4, -0.2) is 15.7 Å². The molecule has 0 radical (unpaired) electrons. The van der Waals surface area contributed by atoms with Crippen molar-refractivity contribution in [3.8, 4) is 0 Å². The van der Waals surface area contributed by atoms with Gasteiger partial charge in [0.2, 0.25) is 5.91 Å². The molecule has 1 amide bonds. The van der Waals surface area contributed by atoms with Crippen LogP contribution in [0.5, 0.6) is 0 Å². The van der Waals surface area contributed by atoms with E-state index in [9.17, 15) is 9.18 Å². The van der Waals surface area contributed by atoms with Gasteiger partial charge in [-0.05, 0) is 37.6 Å². The molecule has 2 rings (SSSR count). The molecule has 1 N–H and O–H groups in total. The van der Waals surface area contributed by atoms with Crippen LogP contribution in [0.4, 0.5) is 10.1 Å². The molecule has 100 valence electrons. The molecule has 0 fully saturated rings. The number of carbonyl (C=O) groups is 1. The number of anilines is 1. The monoisotopic (exact) mass is 261 g/mol. The third-order valence-corrected chi connectivity index (χ3v) is 2.91. The maximum absolute atomic E-state index is 13.4. The van der Waals surface area contributed by atoms with Gasteiger partial charge in [-0.1, -0.05) is 6.07 Å². The van der Waals surface area contributed by atoms with Gasteiger partial charge >= 0.3 is 0 Å². The fourth-order valence-electron chi connectivity index (χ4n) is 1.79. The summed E-state index contributed by atoms with van der Waals surface area (Å²) in [5.74, 6) is -0.482. The zero-order chi connectivity index (χ0) is 13.8. The summed E-state index contributed by atoms with van der Waals surface area (Å²) in [6, 6.07) is 6.43. The Hall–Kier alpha value is -2.17. The molecular weight excluding hydrogens is 245 g/mol. The average Bonchev–Trinajstić information content (AvgIpc) is 2.87. The van der Waals surface area contributed by atoms with Crippen LogP contribution in [0.15, 0.2) is 36.7 Å². The van der Waals surface area contributed by atoms with Gasteiger partial charge in [-0.15, -0.1) is 0 Å². The van der Waals surface area contributed by atoms with Crippen molar-refractivity contribution < 1.29 is 9.18 Å². The van der Waals surface area contributed by atoms with Crippen molar-refractivity contribution in [2.24, 2.45) is 0 Å². The van der Waals surface area contributed by atoms with Crippen molar-refractivity contribution >= 4 is 11.6 Å². The average molecular weight is 261 g/mol. The van der Waals surface area contributed by atoms with Gasteiger partial charge in [-0.25, -0.2) is 4.39 Å². The predicted molar refractivity (Wildman–Crippen MR) is 71.3 cm³/mol. The second-order valence-electron chi connectivity index (χ2n) is 4.55. The van der Waals surface area contributed by atoms with Crippen molar-refractivity contribution in [1.82, 2.24) is 9.78 Å². The number of carbonyl (C=O) groups excluding carboxylic acids is 1. The number of nitrogens with zero attached hydrogens (tertiary/aromatic N) is 2. The van der Waals surface area contributed by atoms with E-state index in [1.165, 1.54) is 6.07 Å². The highest BCUT2D eigenvalue weighted by Crippen LogP contribution is 2.15. The van der Waals surface area contributed by atoms with Gasteiger partial charge in [0.15, 0.2) is 0 Å². The second kappa shape index (κ2) is 5.65. The summed E-state index contributed by atoms with van der Waals surface area (Å²) < 4.78 is 15.1. The molecule has 1 heterocycles. The molecule has 4 nitrogen and oxygen atoms in total. The Morgan fingerprint density at radius 3 is 2.95 bits per heavy atom. The minimum absolute atomic E-state index is 0.0368. The number of amides is 1. The lowest BCUT2D eigenvalue weighted by molar-refractivity contribution is -0.116. The molecule has 0 aliphatic carbocycles. The van der Waals surface area contributed by atoms with Crippen LogP contribution in [0, 0.1) is 12.7 Å². The van der Waals surface area contributed by atoms with E-state index < -0.39 is 0 Å². The lowest BCUT2D eigenvalue weighted by Gasteiger charge is -2.12. The Balaban J connectivity index is 1.95. The molecule has 0 saturated heterocycles. The Kier molecular flexibility index (Phi) is 3.94. The van der Waals surface area contributed by atoms with Crippen molar-refractivity contribution in [3.63, 3.8) is 0 Å². The predicted octanol–water partition coefficient (Wildman–Crippen LogP) is 2.92. The zero-order valence-electron chi connectivity index (χ0n) is 10.9. The largest absolute Gasteiger partial charge is 0.326 e. The molecule has 0 bridgehead atoms. The highest BCUT2D eigenvalue weighted by Gasteiger charge is 2.11. The van der Waals surface area contributed by atoms with Crippen LogP contribution in [0.2, 0.25) is 0 Å². The molecule has 0 aliphatic rings. The minimum Gasteiger partial charge on any atom is -0.326 e. The van der Waals surface area contributed by atoms with Crippen LogP contribution in [0.1, 0.15) is 24.9 Å². The number of rotatable bonds is 4. The number of aromatic nitrogens is 2. The molecule has 0 spiro atoms. The smallest absolute Gasteiger partial charge is 0.226 e. The lowest BCUT2D eigenvalue weighted by atomic mass is 10.2. The normalized spacial score (nSPS) is 12.2. The highest BCUT2D eigenvalue weighted by atomic mass is 19.1. The highest BCUT2D eigenvalue weighted by molar-refractivity contribution is 5.90.